The van der Waals surface area contributed by atoms with Crippen LogP contribution in [-0.4, -0.2) is 35.1 Å². The number of nitro benzene ring substituents is 1. The third-order valence-corrected chi connectivity index (χ3v) is 2.87. The number of benzene rings is 1. The van der Waals surface area contributed by atoms with Crippen LogP contribution in [0.5, 0.6) is 0 Å². The van der Waals surface area contributed by atoms with Crippen molar-refractivity contribution < 1.29 is 24.4 Å². The zero-order valence-corrected chi connectivity index (χ0v) is 9.66. The molecular formula is C11H10N2O6. The van der Waals surface area contributed by atoms with Crippen molar-refractivity contribution in [3.8, 4) is 0 Å². The van der Waals surface area contributed by atoms with Gasteiger partial charge in [-0.15, -0.1) is 0 Å². The van der Waals surface area contributed by atoms with E-state index in [0.717, 1.165) is 0 Å². The molecule has 1 atom stereocenters. The van der Waals surface area contributed by atoms with Crippen molar-refractivity contribution in [2.75, 3.05) is 13.2 Å². The van der Waals surface area contributed by atoms with Crippen LogP contribution in [-0.2, 0) is 19.9 Å². The number of carbonyl (C=O) groups excluding carboxylic acids is 1. The molecule has 0 spiro atoms. The third kappa shape index (κ3) is 2.25. The molecule has 1 fully saturated rings. The first-order chi connectivity index (χ1) is 8.95. The molecule has 0 bridgehead atoms. The molecule has 0 radical (unpaired) electrons. The lowest BCUT2D eigenvalue weighted by Crippen LogP contribution is -2.54. The standard InChI is InChI=1S/C11H10N2O6/c14-9-5-19-11(6-12-9,10(15)16)7-1-3-8(4-2-7)13(17)18/h1-4H,5-6H2,(H,12,14)(H,15,16). The summed E-state index contributed by atoms with van der Waals surface area (Å²) in [6, 6.07) is 5.01. The summed E-state index contributed by atoms with van der Waals surface area (Å²) in [6.45, 7) is -0.595. The number of carboxylic acids is 1. The molecule has 100 valence electrons. The maximum absolute atomic E-state index is 11.4. The van der Waals surface area contributed by atoms with Gasteiger partial charge in [-0.25, -0.2) is 4.79 Å². The number of carbonyl (C=O) groups is 2. The van der Waals surface area contributed by atoms with Crippen LogP contribution >= 0.6 is 0 Å². The van der Waals surface area contributed by atoms with E-state index in [0.29, 0.717) is 0 Å². The first-order valence-corrected chi connectivity index (χ1v) is 5.35. The van der Waals surface area contributed by atoms with Crippen molar-refractivity contribution >= 4 is 17.6 Å². The number of amides is 1. The molecule has 1 aliphatic heterocycles. The van der Waals surface area contributed by atoms with Crippen molar-refractivity contribution in [1.29, 1.82) is 0 Å². The normalized spacial score (nSPS) is 22.6. The minimum atomic E-state index is -1.71. The molecule has 1 aliphatic rings. The Balaban J connectivity index is 2.37. The Morgan fingerprint density at radius 1 is 1.42 bits per heavy atom. The summed E-state index contributed by atoms with van der Waals surface area (Å²) in [5.74, 6) is -1.67. The predicted molar refractivity (Wildman–Crippen MR) is 61.4 cm³/mol. The smallest absolute Gasteiger partial charge is 0.342 e. The zero-order chi connectivity index (χ0) is 14.0. The fourth-order valence-corrected chi connectivity index (χ4v) is 1.81. The van der Waals surface area contributed by atoms with E-state index in [1.807, 2.05) is 0 Å². The molecule has 1 aromatic rings. The van der Waals surface area contributed by atoms with Gasteiger partial charge in [-0.3, -0.25) is 14.9 Å². The van der Waals surface area contributed by atoms with Crippen LogP contribution < -0.4 is 5.32 Å². The number of carboxylic acid groups (broad SMARTS) is 1. The highest BCUT2D eigenvalue weighted by atomic mass is 16.6. The highest BCUT2D eigenvalue weighted by Gasteiger charge is 2.45. The van der Waals surface area contributed by atoms with Crippen LogP contribution in [0.2, 0.25) is 0 Å². The molecule has 0 saturated carbocycles. The third-order valence-electron chi connectivity index (χ3n) is 2.87. The van der Waals surface area contributed by atoms with Gasteiger partial charge in [0.25, 0.3) is 5.69 Å². The van der Waals surface area contributed by atoms with Gasteiger partial charge in [0, 0.05) is 12.1 Å². The molecule has 1 saturated heterocycles. The monoisotopic (exact) mass is 266 g/mol. The van der Waals surface area contributed by atoms with Gasteiger partial charge in [-0.05, 0) is 17.7 Å². The zero-order valence-electron chi connectivity index (χ0n) is 9.66. The van der Waals surface area contributed by atoms with Gasteiger partial charge in [0.05, 0.1) is 11.5 Å². The minimum Gasteiger partial charge on any atom is -0.479 e. The van der Waals surface area contributed by atoms with Gasteiger partial charge in [-0.2, -0.15) is 0 Å². The van der Waals surface area contributed by atoms with Gasteiger partial charge >= 0.3 is 5.97 Å². The van der Waals surface area contributed by atoms with E-state index in [1.54, 1.807) is 0 Å². The predicted octanol–water partition coefficient (Wildman–Crippen LogP) is 0.0211. The molecule has 0 aromatic heterocycles. The second-order valence-electron chi connectivity index (χ2n) is 4.00. The van der Waals surface area contributed by atoms with Crippen LogP contribution in [0.25, 0.3) is 0 Å². The maximum atomic E-state index is 11.4. The highest BCUT2D eigenvalue weighted by Crippen LogP contribution is 2.29. The summed E-state index contributed by atoms with van der Waals surface area (Å²) in [5.41, 5.74) is -1.61. The number of aliphatic carboxylic acids is 1. The summed E-state index contributed by atoms with van der Waals surface area (Å²) < 4.78 is 5.14. The van der Waals surface area contributed by atoms with Crippen LogP contribution in [0.3, 0.4) is 0 Å². The van der Waals surface area contributed by atoms with E-state index in [9.17, 15) is 24.8 Å². The number of non-ortho nitro benzene ring substituents is 1. The van der Waals surface area contributed by atoms with Crippen molar-refractivity contribution in [2.45, 2.75) is 5.60 Å². The average Bonchev–Trinajstić information content (AvgIpc) is 2.39. The first kappa shape index (κ1) is 13.0. The summed E-state index contributed by atoms with van der Waals surface area (Å²) >= 11 is 0. The Morgan fingerprint density at radius 2 is 2.05 bits per heavy atom. The lowest BCUT2D eigenvalue weighted by Gasteiger charge is -2.33. The van der Waals surface area contributed by atoms with Gasteiger partial charge < -0.3 is 15.2 Å². The first-order valence-electron chi connectivity index (χ1n) is 5.35. The fraction of sp³-hybridized carbons (Fsp3) is 0.273. The molecular weight excluding hydrogens is 256 g/mol. The Kier molecular flexibility index (Phi) is 3.17. The van der Waals surface area contributed by atoms with E-state index in [4.69, 9.17) is 4.74 Å². The van der Waals surface area contributed by atoms with E-state index in [1.165, 1.54) is 24.3 Å². The molecule has 2 N–H and O–H groups in total. The number of rotatable bonds is 3. The van der Waals surface area contributed by atoms with Gasteiger partial charge in [0.15, 0.2) is 0 Å². The molecule has 8 nitrogen and oxygen atoms in total. The van der Waals surface area contributed by atoms with E-state index < -0.39 is 22.4 Å². The van der Waals surface area contributed by atoms with Gasteiger partial charge in [0.2, 0.25) is 11.5 Å². The largest absolute Gasteiger partial charge is 0.479 e. The van der Waals surface area contributed by atoms with Crippen LogP contribution in [0.4, 0.5) is 5.69 Å². The number of nitro groups is 1. The Morgan fingerprint density at radius 3 is 2.47 bits per heavy atom. The second kappa shape index (κ2) is 4.65. The number of nitrogens with zero attached hydrogens (tertiary/aromatic N) is 1. The number of nitrogens with one attached hydrogen (secondary N) is 1. The Bertz CT molecular complexity index is 529. The molecule has 19 heavy (non-hydrogen) atoms. The summed E-state index contributed by atoms with van der Waals surface area (Å²) in [6.07, 6.45) is 0. The SMILES string of the molecule is O=C1COC(C(=O)O)(c2ccc([N+](=O)[O-])cc2)CN1. The molecule has 1 aromatic carbocycles. The van der Waals surface area contributed by atoms with Crippen LogP contribution in [0.15, 0.2) is 24.3 Å². The van der Waals surface area contributed by atoms with Gasteiger partial charge in [-0.1, -0.05) is 0 Å². The average molecular weight is 266 g/mol. The number of ether oxygens (including phenoxy) is 1. The summed E-state index contributed by atoms with van der Waals surface area (Å²) in [5, 5.41) is 22.3. The van der Waals surface area contributed by atoms with E-state index >= 15 is 0 Å². The molecule has 1 unspecified atom stereocenters. The van der Waals surface area contributed by atoms with Crippen molar-refractivity contribution in [1.82, 2.24) is 5.32 Å². The van der Waals surface area contributed by atoms with E-state index in [2.05, 4.69) is 5.32 Å². The van der Waals surface area contributed by atoms with Crippen molar-refractivity contribution in [2.24, 2.45) is 0 Å². The summed E-state index contributed by atoms with van der Waals surface area (Å²) in [7, 11) is 0. The van der Waals surface area contributed by atoms with Gasteiger partial charge in [0.1, 0.15) is 6.61 Å². The lowest BCUT2D eigenvalue weighted by molar-refractivity contribution is -0.384. The lowest BCUT2D eigenvalue weighted by atomic mass is 9.92. The molecule has 2 rings (SSSR count). The quantitative estimate of drug-likeness (QED) is 0.588. The molecule has 1 amide bonds. The number of morpholine rings is 1. The Hall–Kier alpha value is -2.48. The highest BCUT2D eigenvalue weighted by molar-refractivity contribution is 5.85. The molecule has 1 heterocycles. The number of hydrogen-bond donors (Lipinski definition) is 2. The fourth-order valence-electron chi connectivity index (χ4n) is 1.81. The topological polar surface area (TPSA) is 119 Å². The minimum absolute atomic E-state index is 0.149. The number of hydrogen-bond acceptors (Lipinski definition) is 5. The van der Waals surface area contributed by atoms with Crippen LogP contribution in [0, 0.1) is 10.1 Å². The maximum Gasteiger partial charge on any atom is 0.342 e. The van der Waals surface area contributed by atoms with E-state index in [-0.39, 0.29) is 24.4 Å². The Labute approximate surface area is 107 Å². The van der Waals surface area contributed by atoms with Crippen molar-refractivity contribution in [3.63, 3.8) is 0 Å². The molecule has 0 aliphatic carbocycles. The molecule has 8 heteroatoms. The van der Waals surface area contributed by atoms with Crippen LogP contribution in [0.1, 0.15) is 5.56 Å². The second-order valence-corrected chi connectivity index (χ2v) is 4.00. The summed E-state index contributed by atoms with van der Waals surface area (Å²) in [4.78, 5) is 32.4. The van der Waals surface area contributed by atoms with Crippen molar-refractivity contribution in [3.05, 3.63) is 39.9 Å².